The first-order valence-corrected chi connectivity index (χ1v) is 13.5. The van der Waals surface area contributed by atoms with E-state index in [0.29, 0.717) is 19.5 Å². The maximum absolute atomic E-state index is 13.0. The molecular weight excluding hydrogens is 486 g/mol. The van der Waals surface area contributed by atoms with Crippen LogP contribution >= 0.6 is 0 Å². The van der Waals surface area contributed by atoms with Crippen molar-refractivity contribution in [3.05, 3.63) is 53.7 Å². The molecule has 0 fully saturated rings. The van der Waals surface area contributed by atoms with Crippen molar-refractivity contribution in [3.63, 3.8) is 0 Å². The summed E-state index contributed by atoms with van der Waals surface area (Å²) in [6, 6.07) is 8.11. The summed E-state index contributed by atoms with van der Waals surface area (Å²) >= 11 is 0. The van der Waals surface area contributed by atoms with E-state index < -0.39 is 22.1 Å². The molecule has 0 spiro atoms. The third-order valence-corrected chi connectivity index (χ3v) is 6.41. The third kappa shape index (κ3) is 8.63. The molecule has 1 heterocycles. The Hall–Kier alpha value is -3.47. The topological polar surface area (TPSA) is 132 Å². The van der Waals surface area contributed by atoms with Gasteiger partial charge in [0.2, 0.25) is 5.88 Å². The first-order valence-electron chi connectivity index (χ1n) is 12.0. The van der Waals surface area contributed by atoms with Gasteiger partial charge in [-0.2, -0.15) is 0 Å². The van der Waals surface area contributed by atoms with Gasteiger partial charge >= 0.3 is 6.16 Å². The molecule has 2 aromatic rings. The van der Waals surface area contributed by atoms with E-state index in [1.807, 2.05) is 25.5 Å². The van der Waals surface area contributed by atoms with Crippen molar-refractivity contribution in [1.29, 1.82) is 0 Å². The lowest BCUT2D eigenvalue weighted by atomic mass is 10.1. The van der Waals surface area contributed by atoms with Crippen LogP contribution in [-0.4, -0.2) is 56.0 Å². The normalized spacial score (nSPS) is 11.0. The van der Waals surface area contributed by atoms with E-state index in [2.05, 4.69) is 4.98 Å². The maximum atomic E-state index is 13.0. The van der Waals surface area contributed by atoms with Crippen molar-refractivity contribution in [2.24, 2.45) is 0 Å². The number of amides is 2. The monoisotopic (exact) mass is 519 g/mol. The summed E-state index contributed by atoms with van der Waals surface area (Å²) < 4.78 is 37.3. The number of benzene rings is 1. The molecule has 1 aromatic carbocycles. The molecule has 0 bridgehead atoms. The zero-order valence-corrected chi connectivity index (χ0v) is 21.7. The Balaban J connectivity index is 2.12. The standard InChI is InChI=1S/C25H33N3O7S/c1-4-7-14-28(15-8-5-2)24(30)19-10-9-11-21(17-19)36(32,33)27-23(29)20-12-13-22(26-18-20)35-25(31)34-16-6-3/h9-13,17-18H,4-8,14-16H2,1-3H3,(H,27,29). The molecule has 0 saturated heterocycles. The van der Waals surface area contributed by atoms with Crippen LogP contribution in [-0.2, 0) is 14.8 Å². The second-order valence-corrected chi connectivity index (χ2v) is 9.73. The number of pyridine rings is 1. The van der Waals surface area contributed by atoms with Gasteiger partial charge in [0, 0.05) is 30.9 Å². The Kier molecular flexibility index (Phi) is 11.3. The summed E-state index contributed by atoms with van der Waals surface area (Å²) in [4.78, 5) is 42.4. The molecule has 36 heavy (non-hydrogen) atoms. The summed E-state index contributed by atoms with van der Waals surface area (Å²) in [5.41, 5.74) is 0.168. The minimum atomic E-state index is -4.27. The minimum absolute atomic E-state index is 0.0645. The van der Waals surface area contributed by atoms with Gasteiger partial charge in [-0.1, -0.05) is 39.7 Å². The molecule has 0 unspecified atom stereocenters. The highest BCUT2D eigenvalue weighted by Crippen LogP contribution is 2.16. The second-order valence-electron chi connectivity index (χ2n) is 8.05. The molecule has 196 valence electrons. The van der Waals surface area contributed by atoms with Crippen LogP contribution in [0.1, 0.15) is 73.6 Å². The van der Waals surface area contributed by atoms with Crippen molar-refractivity contribution in [2.75, 3.05) is 19.7 Å². The molecule has 2 rings (SSSR count). The van der Waals surface area contributed by atoms with Gasteiger partial charge in [-0.15, -0.1) is 0 Å². The summed E-state index contributed by atoms with van der Waals surface area (Å²) in [7, 11) is -4.27. The predicted molar refractivity (Wildman–Crippen MR) is 133 cm³/mol. The molecule has 0 aliphatic heterocycles. The number of hydrogen-bond acceptors (Lipinski definition) is 8. The van der Waals surface area contributed by atoms with Crippen LogP contribution in [0.5, 0.6) is 5.88 Å². The summed E-state index contributed by atoms with van der Waals surface area (Å²) in [6.07, 6.45) is 4.34. The third-order valence-electron chi connectivity index (χ3n) is 5.08. The molecule has 0 radical (unpaired) electrons. The lowest BCUT2D eigenvalue weighted by Gasteiger charge is -2.22. The van der Waals surface area contributed by atoms with Crippen LogP contribution in [0.3, 0.4) is 0 Å². The molecule has 1 aromatic heterocycles. The highest BCUT2D eigenvalue weighted by atomic mass is 32.2. The van der Waals surface area contributed by atoms with Gasteiger partial charge in [0.25, 0.3) is 21.8 Å². The SMILES string of the molecule is CCCCN(CCCC)C(=O)c1cccc(S(=O)(=O)NC(=O)c2ccc(OC(=O)OCCC)nc2)c1. The van der Waals surface area contributed by atoms with Crippen molar-refractivity contribution in [2.45, 2.75) is 57.8 Å². The number of carbonyl (C=O) groups is 3. The maximum Gasteiger partial charge on any atom is 0.515 e. The molecule has 11 heteroatoms. The number of nitrogens with zero attached hydrogens (tertiary/aromatic N) is 2. The smallest absolute Gasteiger partial charge is 0.434 e. The van der Waals surface area contributed by atoms with Crippen LogP contribution in [0.4, 0.5) is 4.79 Å². The highest BCUT2D eigenvalue weighted by Gasteiger charge is 2.22. The Morgan fingerprint density at radius 2 is 1.64 bits per heavy atom. The van der Waals surface area contributed by atoms with Crippen molar-refractivity contribution in [1.82, 2.24) is 14.6 Å². The van der Waals surface area contributed by atoms with Crippen LogP contribution < -0.4 is 9.46 Å². The largest absolute Gasteiger partial charge is 0.515 e. The van der Waals surface area contributed by atoms with Crippen molar-refractivity contribution >= 4 is 28.0 Å². The first-order chi connectivity index (χ1) is 17.2. The van der Waals surface area contributed by atoms with Crippen LogP contribution in [0, 0.1) is 0 Å². The zero-order valence-electron chi connectivity index (χ0n) is 20.9. The summed E-state index contributed by atoms with van der Waals surface area (Å²) in [6.45, 7) is 7.28. The number of carbonyl (C=O) groups excluding carboxylic acids is 3. The quantitative estimate of drug-likeness (QED) is 0.390. The number of nitrogens with one attached hydrogen (secondary N) is 1. The Labute approximate surface area is 212 Å². The second kappa shape index (κ2) is 14.2. The van der Waals surface area contributed by atoms with E-state index in [4.69, 9.17) is 9.47 Å². The fraction of sp³-hybridized carbons (Fsp3) is 0.440. The van der Waals surface area contributed by atoms with Crippen LogP contribution in [0.2, 0.25) is 0 Å². The van der Waals surface area contributed by atoms with E-state index in [-0.39, 0.29) is 34.4 Å². The molecule has 0 aliphatic rings. The zero-order chi connectivity index (χ0) is 26.6. The van der Waals surface area contributed by atoms with E-state index in [9.17, 15) is 22.8 Å². The van der Waals surface area contributed by atoms with Crippen molar-refractivity contribution in [3.8, 4) is 5.88 Å². The molecule has 1 N–H and O–H groups in total. The number of hydrogen-bond donors (Lipinski definition) is 1. The molecular formula is C25H33N3O7S. The number of aromatic nitrogens is 1. The molecule has 0 aliphatic carbocycles. The minimum Gasteiger partial charge on any atom is -0.434 e. The lowest BCUT2D eigenvalue weighted by molar-refractivity contribution is 0.0750. The Morgan fingerprint density at radius 1 is 0.944 bits per heavy atom. The first kappa shape index (κ1) is 28.8. The number of ether oxygens (including phenoxy) is 2. The van der Waals surface area contributed by atoms with Gasteiger partial charge in [0.1, 0.15) is 0 Å². The lowest BCUT2D eigenvalue weighted by Crippen LogP contribution is -2.33. The number of sulfonamides is 1. The van der Waals surface area contributed by atoms with E-state index >= 15 is 0 Å². The van der Waals surface area contributed by atoms with Gasteiger partial charge in [-0.25, -0.2) is 22.9 Å². The van der Waals surface area contributed by atoms with E-state index in [1.54, 1.807) is 11.0 Å². The van der Waals surface area contributed by atoms with Gasteiger partial charge in [-0.05, 0) is 43.5 Å². The Bertz CT molecular complexity index is 1130. The van der Waals surface area contributed by atoms with Crippen molar-refractivity contribution < 1.29 is 32.3 Å². The number of rotatable bonds is 13. The molecule has 2 amide bonds. The van der Waals surface area contributed by atoms with Gasteiger partial charge in [0.15, 0.2) is 0 Å². The van der Waals surface area contributed by atoms with E-state index in [1.165, 1.54) is 30.3 Å². The van der Waals surface area contributed by atoms with Gasteiger partial charge in [0.05, 0.1) is 17.1 Å². The van der Waals surface area contributed by atoms with Gasteiger partial charge in [-0.3, -0.25) is 9.59 Å². The van der Waals surface area contributed by atoms with Crippen LogP contribution in [0.25, 0.3) is 0 Å². The predicted octanol–water partition coefficient (Wildman–Crippen LogP) is 4.17. The fourth-order valence-electron chi connectivity index (χ4n) is 3.11. The average Bonchev–Trinajstić information content (AvgIpc) is 2.87. The average molecular weight is 520 g/mol. The van der Waals surface area contributed by atoms with Crippen LogP contribution in [0.15, 0.2) is 47.5 Å². The molecule has 10 nitrogen and oxygen atoms in total. The highest BCUT2D eigenvalue weighted by molar-refractivity contribution is 7.90. The molecule has 0 saturated carbocycles. The van der Waals surface area contributed by atoms with Gasteiger partial charge < -0.3 is 14.4 Å². The molecule has 0 atom stereocenters. The van der Waals surface area contributed by atoms with E-state index in [0.717, 1.165) is 31.9 Å². The summed E-state index contributed by atoms with van der Waals surface area (Å²) in [5, 5.41) is 0. The Morgan fingerprint density at radius 3 is 2.22 bits per heavy atom. The number of unbranched alkanes of at least 4 members (excludes halogenated alkanes) is 2. The summed E-state index contributed by atoms with van der Waals surface area (Å²) in [5.74, 6) is -1.28. The fourth-order valence-corrected chi connectivity index (χ4v) is 4.13.